The van der Waals surface area contributed by atoms with Crippen molar-refractivity contribution >= 4 is 31.5 Å². The molecule has 0 saturated carbocycles. The van der Waals surface area contributed by atoms with Gasteiger partial charge in [-0.25, -0.2) is 8.42 Å². The smallest absolute Gasteiger partial charge is 0.209 e. The molecule has 4 aromatic carbocycles. The molecule has 0 saturated heterocycles. The molecule has 0 atom stereocenters. The fourth-order valence-corrected chi connectivity index (χ4v) is 5.83. The lowest BCUT2D eigenvalue weighted by molar-refractivity contribution is 0.597. The van der Waals surface area contributed by atoms with Crippen molar-refractivity contribution in [2.45, 2.75) is 16.7 Å². The molecule has 1 aromatic heterocycles. The molecule has 0 N–H and O–H groups in total. The van der Waals surface area contributed by atoms with E-state index in [1.165, 1.54) is 0 Å². The standard InChI is InChI=1S/C26H21NO2S/c1-18-11-15-22(16-12-18)30(28,29)26-23-9-5-6-10-24(23)27(2)25(26)21-14-13-19-7-3-4-8-20(19)17-21/h3-17H,1-2H3. The quantitative estimate of drug-likeness (QED) is 0.358. The second kappa shape index (κ2) is 6.85. The molecule has 148 valence electrons. The van der Waals surface area contributed by atoms with Gasteiger partial charge in [0.15, 0.2) is 0 Å². The third kappa shape index (κ3) is 2.84. The second-order valence-corrected chi connectivity index (χ2v) is 9.52. The number of hydrogen-bond donors (Lipinski definition) is 0. The van der Waals surface area contributed by atoms with Crippen LogP contribution < -0.4 is 0 Å². The SMILES string of the molecule is Cc1ccc(S(=O)(=O)c2c(-c3ccc4ccccc4c3)n(C)c3ccccc23)cc1. The highest BCUT2D eigenvalue weighted by Gasteiger charge is 2.28. The van der Waals surface area contributed by atoms with Crippen molar-refractivity contribution in [3.63, 3.8) is 0 Å². The molecule has 0 amide bonds. The van der Waals surface area contributed by atoms with Crippen molar-refractivity contribution in [3.05, 3.63) is 96.6 Å². The van der Waals surface area contributed by atoms with Gasteiger partial charge in [0.2, 0.25) is 9.84 Å². The Morgan fingerprint density at radius 3 is 2.17 bits per heavy atom. The van der Waals surface area contributed by atoms with E-state index in [1.54, 1.807) is 12.1 Å². The number of para-hydroxylation sites is 1. The molecule has 0 aliphatic heterocycles. The van der Waals surface area contributed by atoms with Crippen molar-refractivity contribution in [1.29, 1.82) is 0 Å². The Balaban J connectivity index is 1.86. The Labute approximate surface area is 176 Å². The van der Waals surface area contributed by atoms with Crippen LogP contribution in [0.5, 0.6) is 0 Å². The highest BCUT2D eigenvalue weighted by atomic mass is 32.2. The zero-order chi connectivity index (χ0) is 20.9. The highest BCUT2D eigenvalue weighted by Crippen LogP contribution is 2.40. The number of benzene rings is 4. The van der Waals surface area contributed by atoms with E-state index in [2.05, 4.69) is 18.2 Å². The van der Waals surface area contributed by atoms with Gasteiger partial charge in [-0.2, -0.15) is 0 Å². The number of hydrogen-bond acceptors (Lipinski definition) is 2. The Hall–Kier alpha value is -3.37. The predicted molar refractivity (Wildman–Crippen MR) is 122 cm³/mol. The summed E-state index contributed by atoms with van der Waals surface area (Å²) < 4.78 is 29.6. The summed E-state index contributed by atoms with van der Waals surface area (Å²) in [6.07, 6.45) is 0. The lowest BCUT2D eigenvalue weighted by Gasteiger charge is -2.11. The molecular weight excluding hydrogens is 390 g/mol. The summed E-state index contributed by atoms with van der Waals surface area (Å²) in [6.45, 7) is 1.95. The maximum absolute atomic E-state index is 13.8. The molecule has 4 heteroatoms. The normalized spacial score (nSPS) is 11.9. The van der Waals surface area contributed by atoms with Crippen LogP contribution in [0.2, 0.25) is 0 Å². The molecule has 0 aliphatic rings. The van der Waals surface area contributed by atoms with Crippen molar-refractivity contribution in [3.8, 4) is 11.3 Å². The summed E-state index contributed by atoms with van der Waals surface area (Å²) in [7, 11) is -1.78. The number of nitrogens with zero attached hydrogens (tertiary/aromatic N) is 1. The predicted octanol–water partition coefficient (Wildman–Crippen LogP) is 6.14. The Kier molecular flexibility index (Phi) is 4.26. The molecule has 1 heterocycles. The van der Waals surface area contributed by atoms with Crippen LogP contribution in [0.15, 0.2) is 101 Å². The van der Waals surface area contributed by atoms with E-state index in [9.17, 15) is 8.42 Å². The average Bonchev–Trinajstić information content (AvgIpc) is 3.07. The van der Waals surface area contributed by atoms with Gasteiger partial charge < -0.3 is 4.57 Å². The second-order valence-electron chi connectivity index (χ2n) is 7.63. The first kappa shape index (κ1) is 18.6. The first-order valence-electron chi connectivity index (χ1n) is 9.85. The summed E-state index contributed by atoms with van der Waals surface area (Å²) >= 11 is 0. The first-order chi connectivity index (χ1) is 14.5. The van der Waals surface area contributed by atoms with Crippen molar-refractivity contribution < 1.29 is 8.42 Å². The van der Waals surface area contributed by atoms with E-state index >= 15 is 0 Å². The van der Waals surface area contributed by atoms with Crippen LogP contribution in [0.3, 0.4) is 0 Å². The van der Waals surface area contributed by atoms with Gasteiger partial charge >= 0.3 is 0 Å². The van der Waals surface area contributed by atoms with E-state index in [0.717, 1.165) is 32.8 Å². The van der Waals surface area contributed by atoms with Crippen LogP contribution in [0, 0.1) is 6.92 Å². The van der Waals surface area contributed by atoms with Gasteiger partial charge in [-0.3, -0.25) is 0 Å². The van der Waals surface area contributed by atoms with Crippen LogP contribution in [-0.4, -0.2) is 13.0 Å². The van der Waals surface area contributed by atoms with Crippen LogP contribution in [0.1, 0.15) is 5.56 Å². The van der Waals surface area contributed by atoms with E-state index in [4.69, 9.17) is 0 Å². The average molecular weight is 412 g/mol. The molecule has 0 spiro atoms. The van der Waals surface area contributed by atoms with Crippen LogP contribution in [0.4, 0.5) is 0 Å². The molecule has 0 aliphatic carbocycles. The minimum Gasteiger partial charge on any atom is -0.343 e. The largest absolute Gasteiger partial charge is 0.343 e. The number of sulfone groups is 1. The first-order valence-corrected chi connectivity index (χ1v) is 11.3. The zero-order valence-electron chi connectivity index (χ0n) is 16.8. The Bertz CT molecular complexity index is 1510. The molecule has 30 heavy (non-hydrogen) atoms. The minimum atomic E-state index is -3.71. The fraction of sp³-hybridized carbons (Fsp3) is 0.0769. The molecule has 3 nitrogen and oxygen atoms in total. The van der Waals surface area contributed by atoms with E-state index in [1.807, 2.05) is 79.2 Å². The van der Waals surface area contributed by atoms with Crippen molar-refractivity contribution in [1.82, 2.24) is 4.57 Å². The summed E-state index contributed by atoms with van der Waals surface area (Å²) in [4.78, 5) is 0.672. The van der Waals surface area contributed by atoms with Gasteiger partial charge in [0.25, 0.3) is 0 Å². The zero-order valence-corrected chi connectivity index (χ0v) is 17.6. The molecule has 0 radical (unpaired) electrons. The molecule has 5 aromatic rings. The van der Waals surface area contributed by atoms with Crippen LogP contribution >= 0.6 is 0 Å². The monoisotopic (exact) mass is 411 g/mol. The molecule has 0 bridgehead atoms. The molecule has 0 fully saturated rings. The van der Waals surface area contributed by atoms with Gasteiger partial charge in [0.05, 0.1) is 10.6 Å². The van der Waals surface area contributed by atoms with Gasteiger partial charge in [-0.05, 0) is 42.0 Å². The van der Waals surface area contributed by atoms with E-state index in [-0.39, 0.29) is 0 Å². The minimum absolute atomic E-state index is 0.312. The molecular formula is C26H21NO2S. The van der Waals surface area contributed by atoms with Crippen molar-refractivity contribution in [2.24, 2.45) is 7.05 Å². The molecule has 0 unspecified atom stereocenters. The third-order valence-corrected chi connectivity index (χ3v) is 7.53. The van der Waals surface area contributed by atoms with Crippen LogP contribution in [0.25, 0.3) is 32.9 Å². The third-order valence-electron chi connectivity index (χ3n) is 5.68. The topological polar surface area (TPSA) is 39.1 Å². The van der Waals surface area contributed by atoms with E-state index < -0.39 is 9.84 Å². The Morgan fingerprint density at radius 2 is 1.40 bits per heavy atom. The maximum atomic E-state index is 13.8. The lowest BCUT2D eigenvalue weighted by Crippen LogP contribution is -2.04. The number of fused-ring (bicyclic) bond motifs is 2. The summed E-state index contributed by atoms with van der Waals surface area (Å²) in [6, 6.07) is 29.0. The van der Waals surface area contributed by atoms with Gasteiger partial charge in [0, 0.05) is 23.5 Å². The maximum Gasteiger partial charge on any atom is 0.209 e. The summed E-state index contributed by atoms with van der Waals surface area (Å²) in [5, 5.41) is 2.95. The number of aromatic nitrogens is 1. The van der Waals surface area contributed by atoms with Crippen molar-refractivity contribution in [2.75, 3.05) is 0 Å². The van der Waals surface area contributed by atoms with Gasteiger partial charge in [-0.15, -0.1) is 0 Å². The van der Waals surface area contributed by atoms with Gasteiger partial charge in [-0.1, -0.05) is 72.3 Å². The molecule has 5 rings (SSSR count). The van der Waals surface area contributed by atoms with Crippen LogP contribution in [-0.2, 0) is 16.9 Å². The Morgan fingerprint density at radius 1 is 0.733 bits per heavy atom. The van der Waals surface area contributed by atoms with Gasteiger partial charge in [0.1, 0.15) is 4.90 Å². The number of rotatable bonds is 3. The fourth-order valence-electron chi connectivity index (χ4n) is 4.13. The highest BCUT2D eigenvalue weighted by molar-refractivity contribution is 7.91. The summed E-state index contributed by atoms with van der Waals surface area (Å²) in [5.74, 6) is 0. The van der Waals surface area contributed by atoms with E-state index in [0.29, 0.717) is 15.5 Å². The number of aryl methyl sites for hydroxylation is 2. The lowest BCUT2D eigenvalue weighted by atomic mass is 10.0. The summed E-state index contributed by atoms with van der Waals surface area (Å²) in [5.41, 5.74) is 3.52.